The molecule has 0 aliphatic rings. The predicted octanol–water partition coefficient (Wildman–Crippen LogP) is 19.9. The molecule has 0 spiro atoms. The summed E-state index contributed by atoms with van der Waals surface area (Å²) in [6.07, 6.45) is 6.31. The minimum atomic E-state index is 0.732. The van der Waals surface area contributed by atoms with Crippen LogP contribution in [-0.2, 0) is 0 Å². The van der Waals surface area contributed by atoms with Gasteiger partial charge in [0.05, 0.1) is 44.7 Å². The third-order valence-electron chi connectivity index (χ3n) is 16.3. The normalized spacial score (nSPS) is 11.8. The summed E-state index contributed by atoms with van der Waals surface area (Å²) in [5.74, 6) is 0.732. The molecule has 14 aromatic rings. The molecule has 4 aromatic heterocycles. The number of aryl methyl sites for hydroxylation is 4. The van der Waals surface area contributed by atoms with Crippen molar-refractivity contribution in [2.75, 3.05) is 0 Å². The quantitative estimate of drug-likeness (QED) is 0.137. The number of rotatable bonds is 10. The van der Waals surface area contributed by atoms with Gasteiger partial charge in [0.15, 0.2) is 5.82 Å². The Labute approximate surface area is 466 Å². The molecular formula is C75H57N5. The summed E-state index contributed by atoms with van der Waals surface area (Å²) in [4.78, 5) is 10.3. The Hall–Kier alpha value is -10.1. The smallest absolute Gasteiger partial charge is 0.160 e. The minimum absolute atomic E-state index is 0.732. The van der Waals surface area contributed by atoms with Crippen LogP contribution in [0.1, 0.15) is 40.4 Å². The number of benzene rings is 10. The lowest BCUT2D eigenvalue weighted by Crippen LogP contribution is -1.99. The zero-order chi connectivity index (χ0) is 54.2. The lowest BCUT2D eigenvalue weighted by molar-refractivity contribution is 1.11. The molecule has 5 nitrogen and oxygen atoms in total. The van der Waals surface area contributed by atoms with Crippen molar-refractivity contribution in [1.29, 1.82) is 0 Å². The van der Waals surface area contributed by atoms with Crippen LogP contribution in [0.4, 0.5) is 0 Å². The van der Waals surface area contributed by atoms with Crippen LogP contribution >= 0.6 is 0 Å². The van der Waals surface area contributed by atoms with Gasteiger partial charge in [-0.05, 0) is 158 Å². The van der Waals surface area contributed by atoms with E-state index in [9.17, 15) is 0 Å². The number of nitrogens with zero attached hydrogens (tertiary/aromatic N) is 5. The second kappa shape index (κ2) is 19.4. The summed E-state index contributed by atoms with van der Waals surface area (Å²) in [5, 5.41) is 6.05. The summed E-state index contributed by atoms with van der Waals surface area (Å²) < 4.78 is 7.27. The van der Waals surface area contributed by atoms with Crippen LogP contribution in [0.25, 0.3) is 140 Å². The van der Waals surface area contributed by atoms with E-state index in [0.717, 1.165) is 95.5 Å². The Kier molecular flexibility index (Phi) is 11.7. The van der Waals surface area contributed by atoms with Gasteiger partial charge in [-0.15, -0.1) is 0 Å². The first-order chi connectivity index (χ1) is 39.2. The Morgan fingerprint density at radius 1 is 0.362 bits per heavy atom. The lowest BCUT2D eigenvalue weighted by atomic mass is 9.93. The highest BCUT2D eigenvalue weighted by Gasteiger charge is 2.22. The van der Waals surface area contributed by atoms with E-state index in [1.165, 1.54) is 65.8 Å². The molecule has 0 N–H and O–H groups in total. The van der Waals surface area contributed by atoms with Crippen LogP contribution in [0.15, 0.2) is 237 Å². The molecule has 0 fully saturated rings. The zero-order valence-electron chi connectivity index (χ0n) is 45.5. The van der Waals surface area contributed by atoms with Gasteiger partial charge in [-0.3, -0.25) is 0 Å². The topological polar surface area (TPSA) is 40.6 Å². The number of hydrogen-bond donors (Lipinski definition) is 0. The molecule has 0 atom stereocenters. The van der Waals surface area contributed by atoms with Crippen LogP contribution in [-0.4, -0.2) is 23.7 Å². The molecule has 0 bridgehead atoms. The number of fused-ring (bicyclic) bond motifs is 7. The van der Waals surface area contributed by atoms with Crippen molar-refractivity contribution in [3.8, 4) is 73.2 Å². The maximum Gasteiger partial charge on any atom is 0.160 e. The molecule has 0 amide bonds. The van der Waals surface area contributed by atoms with Gasteiger partial charge in [-0.2, -0.15) is 0 Å². The van der Waals surface area contributed by atoms with Crippen LogP contribution in [0.2, 0.25) is 0 Å². The van der Waals surface area contributed by atoms with Gasteiger partial charge in [0, 0.05) is 66.2 Å². The molecule has 0 unspecified atom stereocenters. The monoisotopic (exact) mass is 1030 g/mol. The van der Waals surface area contributed by atoms with E-state index in [1.807, 2.05) is 6.08 Å². The standard InChI is InChI=1S/C75H57N5/c1-7-19-68-58(8-2)61-24-13-16-27-69(61)78(68)55-38-40-72-64(44-55)65-45-56(79-70-28-17-14-25-62(70)63-26-15-18-29-71(63)79)39-41-73(65)80(72)57-42-49(5)74(50(6)43-57)54-36-32-52(33-37-54)51-30-34-53(35-31-51)66-46-67(59-22-11-9-20-47(59)3)77-75(76-66)60-23-12-10-21-48(60)4/h7-46H,2H2,1,3-6H3/b19-7-. The van der Waals surface area contributed by atoms with Gasteiger partial charge < -0.3 is 13.7 Å². The van der Waals surface area contributed by atoms with Crippen molar-refractivity contribution in [3.63, 3.8) is 0 Å². The third kappa shape index (κ3) is 7.92. The van der Waals surface area contributed by atoms with E-state index >= 15 is 0 Å². The fourth-order valence-electron chi connectivity index (χ4n) is 12.6. The van der Waals surface area contributed by atoms with Gasteiger partial charge in [-0.25, -0.2) is 9.97 Å². The second-order valence-electron chi connectivity index (χ2n) is 21.2. The van der Waals surface area contributed by atoms with Crippen LogP contribution < -0.4 is 0 Å². The van der Waals surface area contributed by atoms with E-state index in [0.29, 0.717) is 0 Å². The molecule has 0 radical (unpaired) electrons. The summed E-state index contributed by atoms with van der Waals surface area (Å²) in [6, 6.07) is 81.6. The van der Waals surface area contributed by atoms with Crippen LogP contribution in [0.5, 0.6) is 0 Å². The second-order valence-corrected chi connectivity index (χ2v) is 21.2. The summed E-state index contributed by atoms with van der Waals surface area (Å²) in [5.41, 5.74) is 26.0. The zero-order valence-corrected chi connectivity index (χ0v) is 45.5. The van der Waals surface area contributed by atoms with Crippen molar-refractivity contribution in [2.24, 2.45) is 0 Å². The lowest BCUT2D eigenvalue weighted by Gasteiger charge is -2.16. The molecule has 14 rings (SSSR count). The number of aromatic nitrogens is 5. The van der Waals surface area contributed by atoms with Crippen molar-refractivity contribution in [1.82, 2.24) is 23.7 Å². The molecule has 382 valence electrons. The summed E-state index contributed by atoms with van der Waals surface area (Å²) in [6.45, 7) is 15.1. The first kappa shape index (κ1) is 48.3. The highest BCUT2D eigenvalue weighted by atomic mass is 15.0. The van der Waals surface area contributed by atoms with Crippen molar-refractivity contribution < 1.29 is 0 Å². The Bertz CT molecular complexity index is 4690. The SMILES string of the molecule is C=Cc1c(/C=C\C)n(-c2ccc3c(c2)c2cc(-n4c5ccccc5c5ccccc54)ccc2n3-c2cc(C)c(-c3ccc(-c4ccc(-c5cc(-c6ccccc6C)nc(-c6ccccc6C)n5)cc4)cc3)c(C)c2)c2ccccc12. The van der Waals surface area contributed by atoms with Crippen molar-refractivity contribution in [2.45, 2.75) is 34.6 Å². The van der Waals surface area contributed by atoms with E-state index in [2.05, 4.69) is 292 Å². The largest absolute Gasteiger partial charge is 0.309 e. The molecule has 10 aromatic carbocycles. The van der Waals surface area contributed by atoms with Gasteiger partial charge in [0.2, 0.25) is 0 Å². The average molecular weight is 1030 g/mol. The van der Waals surface area contributed by atoms with E-state index < -0.39 is 0 Å². The Balaban J connectivity index is 0.849. The maximum atomic E-state index is 5.15. The summed E-state index contributed by atoms with van der Waals surface area (Å²) >= 11 is 0. The molecule has 0 saturated heterocycles. The fourth-order valence-corrected chi connectivity index (χ4v) is 12.6. The first-order valence-electron chi connectivity index (χ1n) is 27.5. The molecule has 80 heavy (non-hydrogen) atoms. The van der Waals surface area contributed by atoms with Gasteiger partial charge >= 0.3 is 0 Å². The third-order valence-corrected chi connectivity index (χ3v) is 16.3. The summed E-state index contributed by atoms with van der Waals surface area (Å²) in [7, 11) is 0. The highest BCUT2D eigenvalue weighted by molar-refractivity contribution is 6.13. The number of para-hydroxylation sites is 3. The van der Waals surface area contributed by atoms with E-state index in [1.54, 1.807) is 0 Å². The van der Waals surface area contributed by atoms with Crippen molar-refractivity contribution >= 4 is 66.7 Å². The van der Waals surface area contributed by atoms with E-state index in [-0.39, 0.29) is 0 Å². The average Bonchev–Trinajstić information content (AvgIpc) is 4.29. The van der Waals surface area contributed by atoms with Crippen LogP contribution in [0.3, 0.4) is 0 Å². The van der Waals surface area contributed by atoms with Gasteiger partial charge in [-0.1, -0.05) is 170 Å². The minimum Gasteiger partial charge on any atom is -0.309 e. The Morgan fingerprint density at radius 3 is 1.38 bits per heavy atom. The molecule has 5 heteroatoms. The highest BCUT2D eigenvalue weighted by Crippen LogP contribution is 2.42. The van der Waals surface area contributed by atoms with Crippen LogP contribution in [0, 0.1) is 27.7 Å². The number of hydrogen-bond acceptors (Lipinski definition) is 2. The molecule has 4 heterocycles. The van der Waals surface area contributed by atoms with Gasteiger partial charge in [0.25, 0.3) is 0 Å². The Morgan fingerprint density at radius 2 is 0.812 bits per heavy atom. The molecule has 0 aliphatic carbocycles. The molecule has 0 aliphatic heterocycles. The fraction of sp³-hybridized carbons (Fsp3) is 0.0667. The first-order valence-corrected chi connectivity index (χ1v) is 27.5. The number of allylic oxidation sites excluding steroid dienone is 1. The predicted molar refractivity (Wildman–Crippen MR) is 338 cm³/mol. The molecule has 0 saturated carbocycles. The molecular weight excluding hydrogens is 971 g/mol. The van der Waals surface area contributed by atoms with Crippen molar-refractivity contribution in [3.05, 3.63) is 271 Å². The van der Waals surface area contributed by atoms with Gasteiger partial charge in [0.1, 0.15) is 0 Å². The van der Waals surface area contributed by atoms with E-state index in [4.69, 9.17) is 9.97 Å². The maximum absolute atomic E-state index is 5.15.